The van der Waals surface area contributed by atoms with E-state index in [9.17, 15) is 4.79 Å². The molecule has 11 rings (SSSR count). The summed E-state index contributed by atoms with van der Waals surface area (Å²) in [7, 11) is 0.298. The molecule has 0 bridgehead atoms. The largest absolute Gasteiger partial charge is 0.498 e. The van der Waals surface area contributed by atoms with Gasteiger partial charge in [-0.15, -0.1) is 0 Å². The van der Waals surface area contributed by atoms with Crippen LogP contribution >= 0.6 is 52.6 Å². The maximum absolute atomic E-state index is 12.2. The fourth-order valence-corrected chi connectivity index (χ4v) is 8.81. The summed E-state index contributed by atoms with van der Waals surface area (Å²) in [6.07, 6.45) is 3.52. The number of nitrogens with zero attached hydrogens (tertiary/aromatic N) is 13. The number of hydrogen-bond acceptors (Lipinski definition) is 23. The summed E-state index contributed by atoms with van der Waals surface area (Å²) in [4.78, 5) is 63.5. The van der Waals surface area contributed by atoms with Gasteiger partial charge in [0.25, 0.3) is 5.91 Å². The van der Waals surface area contributed by atoms with E-state index in [0.29, 0.717) is 68.9 Å². The third-order valence-corrected chi connectivity index (χ3v) is 16.3. The predicted octanol–water partition coefficient (Wildman–Crippen LogP) is 10.9. The third-order valence-electron chi connectivity index (χ3n) is 15.4. The number of hydrogen-bond donors (Lipinski definition) is 4. The van der Waals surface area contributed by atoms with Crippen LogP contribution < -0.4 is 27.6 Å². The number of rotatable bonds is 9. The standard InChI is InChI=1S/C23H23N7O.C13H26B2O4.C11H17BN2O2.C5H5BrN2.C5H5Cl2N3.C5H7N3.H2S/c1-14(17-5-4-6-18-19(23(31)24-3)7-8-25-22(17)18)10-28-21-9-20(29-13-30-21)16-11-26-15(2)27-12-16;1-10(2)11(3,4)17-14(16-10)9-15-18-12(5,6)13(7,8)19-15;1-8-13-6-9(7-14-8)12-15-10(2,3)11(4,5)16-12;1-4-7-2-5(6)3-8-4;1-2-9-4(6)3(8)5(7)10-2;1-4-7-2-5(6)3-8-4;/h4-9,11-14H,10H2,1-3H3,(H,24,31)(H,28,29,30);9H2,1-8H3;6-7H,1-5H3;2-3H,1H3;8H2,1H3;2-3H,6H2,1H3;1H2/t14-;;;;;;/m1....../s1/i11D,12D;;6D,7D;2D,3D;;2D,3D;. The molecule has 0 spiro atoms. The zero-order valence-corrected chi connectivity index (χ0v) is 59.8. The van der Waals surface area contributed by atoms with Crippen LogP contribution in [-0.4, -0.2) is 139 Å². The average Bonchev–Trinajstić information content (AvgIpc) is 1.63. The Balaban J connectivity index is 0.000000233. The Bertz CT molecular complexity index is 3960. The first-order valence-electron chi connectivity index (χ1n) is 33.1. The van der Waals surface area contributed by atoms with Crippen molar-refractivity contribution in [3.8, 4) is 11.3 Å². The number of carbonyl (C=O) groups excluding carboxylic acids is 1. The molecule has 0 aliphatic carbocycles. The summed E-state index contributed by atoms with van der Waals surface area (Å²) in [5.41, 5.74) is 12.0. The van der Waals surface area contributed by atoms with Gasteiger partial charge >= 0.3 is 21.4 Å². The topological polar surface area (TPSA) is 316 Å². The van der Waals surface area contributed by atoms with E-state index < -0.39 is 18.3 Å². The molecule has 496 valence electrons. The van der Waals surface area contributed by atoms with Crippen LogP contribution in [0.1, 0.15) is 152 Å². The fourth-order valence-electron chi connectivity index (χ4n) is 8.16. The molecule has 1 amide bonds. The second-order valence-corrected chi connectivity index (χ2v) is 25.7. The lowest BCUT2D eigenvalue weighted by Crippen LogP contribution is -2.41. The van der Waals surface area contributed by atoms with Crippen molar-refractivity contribution in [3.05, 3.63) is 147 Å². The molecule has 24 nitrogen and oxygen atoms in total. The molecule has 3 aliphatic rings. The highest BCUT2D eigenvalue weighted by Crippen LogP contribution is 2.42. The Morgan fingerprint density at radius 1 is 0.613 bits per heavy atom. The molecule has 6 N–H and O–H groups in total. The van der Waals surface area contributed by atoms with Crippen molar-refractivity contribution in [1.82, 2.24) is 70.1 Å². The molecule has 93 heavy (non-hydrogen) atoms. The molecule has 31 heteroatoms. The molecule has 7 aromatic heterocycles. The minimum Gasteiger partial charge on any atom is -0.404 e. The Labute approximate surface area is 583 Å². The van der Waals surface area contributed by atoms with E-state index in [2.05, 4.69) is 154 Å². The predicted molar refractivity (Wildman–Crippen MR) is 377 cm³/mol. The number of nitrogens with one attached hydrogen (secondary N) is 2. The Hall–Kier alpha value is -6.66. The molecule has 10 heterocycles. The van der Waals surface area contributed by atoms with Gasteiger partial charge in [0.15, 0.2) is 10.3 Å². The van der Waals surface area contributed by atoms with E-state index in [4.69, 9.17) is 73.6 Å². The number of aryl methyl sites for hydroxylation is 5. The average molecular weight is 1400 g/mol. The van der Waals surface area contributed by atoms with Crippen LogP contribution in [0.5, 0.6) is 0 Å². The van der Waals surface area contributed by atoms with Gasteiger partial charge in [0.05, 0.1) is 83.9 Å². The summed E-state index contributed by atoms with van der Waals surface area (Å²) >= 11 is 14.1. The van der Waals surface area contributed by atoms with Crippen LogP contribution in [-0.2, 0) is 27.9 Å². The van der Waals surface area contributed by atoms with Gasteiger partial charge < -0.3 is 50.0 Å². The van der Waals surface area contributed by atoms with Crippen molar-refractivity contribution in [2.45, 2.75) is 170 Å². The lowest BCUT2D eigenvalue weighted by Gasteiger charge is -2.32. The molecular formula is C62H85B3BrCl2N17O7S. The maximum atomic E-state index is 12.2. The number of halogens is 3. The number of amides is 1. The summed E-state index contributed by atoms with van der Waals surface area (Å²) in [6, 6.07) is 9.22. The first-order valence-corrected chi connectivity index (χ1v) is 30.6. The molecule has 8 aromatic rings. The fraction of sp³-hybridized carbons (Fsp3) is 0.452. The molecule has 0 unspecified atom stereocenters. The number of nitrogens with two attached hydrogens (primary N) is 2. The van der Waals surface area contributed by atoms with Crippen molar-refractivity contribution >= 4 is 113 Å². The number of para-hydroxylation sites is 1. The van der Waals surface area contributed by atoms with Gasteiger partial charge in [0, 0.05) is 91.4 Å². The van der Waals surface area contributed by atoms with E-state index in [1.807, 2.05) is 45.9 Å². The molecular weight excluding hydrogens is 1310 g/mol. The van der Waals surface area contributed by atoms with Crippen LogP contribution in [0.2, 0.25) is 16.5 Å². The summed E-state index contributed by atoms with van der Waals surface area (Å²) in [6.45, 7) is 35.0. The van der Waals surface area contributed by atoms with E-state index >= 15 is 0 Å². The zero-order valence-electron chi connectivity index (χ0n) is 63.7. The van der Waals surface area contributed by atoms with Gasteiger partial charge in [-0.05, 0) is 145 Å². The van der Waals surface area contributed by atoms with Gasteiger partial charge in [0.2, 0.25) is 0 Å². The summed E-state index contributed by atoms with van der Waals surface area (Å²) in [5, 5.41) is 7.18. The normalized spacial score (nSPS) is 18.0. The van der Waals surface area contributed by atoms with Gasteiger partial charge in [-0.25, -0.2) is 59.8 Å². The van der Waals surface area contributed by atoms with E-state index in [-0.39, 0.29) is 139 Å². The quantitative estimate of drug-likeness (QED) is 0.0770. The highest BCUT2D eigenvalue weighted by atomic mass is 79.9. The van der Waals surface area contributed by atoms with Crippen LogP contribution in [0.3, 0.4) is 0 Å². The van der Waals surface area contributed by atoms with Crippen molar-refractivity contribution in [2.75, 3.05) is 30.4 Å². The highest BCUT2D eigenvalue weighted by Gasteiger charge is 2.57. The van der Waals surface area contributed by atoms with Crippen molar-refractivity contribution < 1.29 is 43.7 Å². The van der Waals surface area contributed by atoms with Crippen molar-refractivity contribution in [2.24, 2.45) is 0 Å². The number of anilines is 3. The molecule has 3 aliphatic heterocycles. The van der Waals surface area contributed by atoms with Crippen LogP contribution in [0.25, 0.3) is 22.2 Å². The van der Waals surface area contributed by atoms with Gasteiger partial charge in [-0.3, -0.25) is 9.78 Å². The van der Waals surface area contributed by atoms with E-state index in [1.165, 1.54) is 6.33 Å². The Kier molecular flexibility index (Phi) is 22.8. The molecule has 3 saturated heterocycles. The second-order valence-electron chi connectivity index (χ2n) is 24.2. The molecule has 1 aromatic carbocycles. The third kappa shape index (κ3) is 21.2. The van der Waals surface area contributed by atoms with E-state index in [1.54, 1.807) is 60.0 Å². The number of aromatic nitrogens is 13. The van der Waals surface area contributed by atoms with Crippen molar-refractivity contribution in [1.29, 1.82) is 0 Å². The number of fused-ring (bicyclic) bond motifs is 1. The molecule has 3 fully saturated rings. The van der Waals surface area contributed by atoms with Gasteiger partial charge in [-0.1, -0.05) is 48.3 Å². The smallest absolute Gasteiger partial charge is 0.404 e. The highest BCUT2D eigenvalue weighted by molar-refractivity contribution is 9.10. The molecule has 1 atom stereocenters. The lowest BCUT2D eigenvalue weighted by atomic mass is 9.64. The van der Waals surface area contributed by atoms with Crippen LogP contribution in [0, 0.1) is 34.6 Å². The minimum atomic E-state index is -0.754. The molecule has 0 radical (unpaired) electrons. The lowest BCUT2D eigenvalue weighted by molar-refractivity contribution is 0.00578. The summed E-state index contributed by atoms with van der Waals surface area (Å²) < 4.78 is 96.3. The number of pyridine rings is 1. The maximum Gasteiger partial charge on any atom is 0.498 e. The van der Waals surface area contributed by atoms with Crippen molar-refractivity contribution in [3.63, 3.8) is 0 Å². The minimum absolute atomic E-state index is 0. The zero-order chi connectivity index (χ0) is 75.1. The van der Waals surface area contributed by atoms with Gasteiger partial charge in [-0.2, -0.15) is 13.5 Å². The van der Waals surface area contributed by atoms with Gasteiger partial charge in [0.1, 0.15) is 47.0 Å². The number of nitrogen functional groups attached to an aromatic ring is 2. The first-order chi connectivity index (χ1) is 46.2. The number of carbonyl (C=O) groups is 1. The Morgan fingerprint density at radius 2 is 1.05 bits per heavy atom. The second kappa shape index (κ2) is 32.7. The van der Waals surface area contributed by atoms with Crippen LogP contribution in [0.15, 0.2) is 96.7 Å². The van der Waals surface area contributed by atoms with Crippen LogP contribution in [0.4, 0.5) is 17.2 Å². The monoisotopic (exact) mass is 1400 g/mol. The Morgan fingerprint density at radius 3 is 1.53 bits per heavy atom. The molecule has 0 saturated carbocycles. The SMILES string of the molecule is CC1(C)OB(CB2OC(C)(C)C(C)(C)O2)OC1(C)C.Cc1nc(Cl)c(N)c(Cl)n1.S.[2H]c1nc(C)nc([2H])c1-c1cc(NC[C@@H](C)c2cccc3c(C(=O)NC)ccnc23)ncn1.[2H]c1nc(C)nc([2H])c1B1OC(C)(C)C(C)(C)O1.[2H]c1nc(C)nc([2H])c1Br.[2H]c1nc(C)nc([2H])c1N. The number of benzene rings is 1. The van der Waals surface area contributed by atoms with E-state index in [0.717, 1.165) is 16.5 Å². The first kappa shape index (κ1) is 65.0. The summed E-state index contributed by atoms with van der Waals surface area (Å²) in [5.74, 6) is 2.63.